The van der Waals surface area contributed by atoms with E-state index >= 15 is 0 Å². The number of rotatable bonds is 3. The molecule has 0 bridgehead atoms. The number of carbonyl (C=O) groups excluding carboxylic acids is 1. The van der Waals surface area contributed by atoms with Crippen LogP contribution in [0.25, 0.3) is 0 Å². The average Bonchev–Trinajstić information content (AvgIpc) is 2.45. The SMILES string of the molecule is CC(=NNC(=O)c1ccccc1Br)c1cccc(O)c1. The van der Waals surface area contributed by atoms with Crippen molar-refractivity contribution in [2.24, 2.45) is 5.10 Å². The Morgan fingerprint density at radius 1 is 1.20 bits per heavy atom. The number of nitrogens with one attached hydrogen (secondary N) is 1. The highest BCUT2D eigenvalue weighted by Gasteiger charge is 2.08. The van der Waals surface area contributed by atoms with Crippen molar-refractivity contribution in [2.75, 3.05) is 0 Å². The predicted octanol–water partition coefficient (Wildman–Crippen LogP) is 3.31. The van der Waals surface area contributed by atoms with Crippen LogP contribution < -0.4 is 5.43 Å². The number of phenols is 1. The van der Waals surface area contributed by atoms with Crippen molar-refractivity contribution in [1.82, 2.24) is 5.43 Å². The molecule has 0 heterocycles. The van der Waals surface area contributed by atoms with Gasteiger partial charge in [-0.1, -0.05) is 24.3 Å². The number of halogens is 1. The maximum absolute atomic E-state index is 12.0. The molecule has 4 nitrogen and oxygen atoms in total. The van der Waals surface area contributed by atoms with E-state index in [2.05, 4.69) is 26.5 Å². The molecule has 0 aliphatic heterocycles. The van der Waals surface area contributed by atoms with Crippen molar-refractivity contribution in [2.45, 2.75) is 6.92 Å². The third-order valence-electron chi connectivity index (χ3n) is 2.71. The third-order valence-corrected chi connectivity index (χ3v) is 3.40. The zero-order chi connectivity index (χ0) is 14.5. The molecule has 0 fully saturated rings. The van der Waals surface area contributed by atoms with Crippen LogP contribution in [0.4, 0.5) is 0 Å². The number of amides is 1. The topological polar surface area (TPSA) is 61.7 Å². The third kappa shape index (κ3) is 3.45. The van der Waals surface area contributed by atoms with Crippen molar-refractivity contribution in [3.05, 3.63) is 64.1 Å². The van der Waals surface area contributed by atoms with Gasteiger partial charge in [0.1, 0.15) is 5.75 Å². The zero-order valence-electron chi connectivity index (χ0n) is 10.8. The van der Waals surface area contributed by atoms with Crippen LogP contribution in [0, 0.1) is 0 Å². The summed E-state index contributed by atoms with van der Waals surface area (Å²) in [6, 6.07) is 13.8. The molecule has 0 aromatic heterocycles. The van der Waals surface area contributed by atoms with Gasteiger partial charge in [-0.2, -0.15) is 5.10 Å². The number of phenolic OH excluding ortho intramolecular Hbond substituents is 1. The summed E-state index contributed by atoms with van der Waals surface area (Å²) in [4.78, 5) is 12.0. The summed E-state index contributed by atoms with van der Waals surface area (Å²) in [7, 11) is 0. The lowest BCUT2D eigenvalue weighted by Gasteiger charge is -2.04. The number of aromatic hydroxyl groups is 1. The monoisotopic (exact) mass is 332 g/mol. The Bertz CT molecular complexity index is 668. The molecule has 0 radical (unpaired) electrons. The van der Waals surface area contributed by atoms with Gasteiger partial charge < -0.3 is 5.11 Å². The normalized spacial score (nSPS) is 11.2. The largest absolute Gasteiger partial charge is 0.508 e. The second-order valence-electron chi connectivity index (χ2n) is 4.17. The number of carbonyl (C=O) groups is 1. The van der Waals surface area contributed by atoms with E-state index in [4.69, 9.17) is 0 Å². The summed E-state index contributed by atoms with van der Waals surface area (Å²) in [6.07, 6.45) is 0. The number of hydrogen-bond acceptors (Lipinski definition) is 3. The van der Waals surface area contributed by atoms with Crippen LogP contribution in [-0.2, 0) is 0 Å². The minimum atomic E-state index is -0.294. The number of hydrazone groups is 1. The summed E-state index contributed by atoms with van der Waals surface area (Å²) >= 11 is 3.32. The predicted molar refractivity (Wildman–Crippen MR) is 81.9 cm³/mol. The molecule has 0 aliphatic rings. The fourth-order valence-electron chi connectivity index (χ4n) is 1.64. The molecule has 0 saturated heterocycles. The van der Waals surface area contributed by atoms with Gasteiger partial charge in [-0.05, 0) is 47.1 Å². The average molecular weight is 333 g/mol. The number of hydrogen-bond donors (Lipinski definition) is 2. The Labute approximate surface area is 125 Å². The molecule has 102 valence electrons. The summed E-state index contributed by atoms with van der Waals surface area (Å²) in [5.41, 5.74) is 4.37. The Balaban J connectivity index is 2.13. The van der Waals surface area contributed by atoms with Crippen molar-refractivity contribution in [3.8, 4) is 5.75 Å². The maximum atomic E-state index is 12.0. The molecular weight excluding hydrogens is 320 g/mol. The fourth-order valence-corrected chi connectivity index (χ4v) is 2.10. The lowest BCUT2D eigenvalue weighted by atomic mass is 10.1. The molecule has 5 heteroatoms. The minimum absolute atomic E-state index is 0.161. The van der Waals surface area contributed by atoms with E-state index in [1.165, 1.54) is 0 Å². The van der Waals surface area contributed by atoms with Gasteiger partial charge in [0.2, 0.25) is 0 Å². The molecule has 2 rings (SSSR count). The van der Waals surface area contributed by atoms with E-state index in [1.54, 1.807) is 43.3 Å². The molecule has 2 aromatic carbocycles. The molecule has 1 amide bonds. The highest BCUT2D eigenvalue weighted by Crippen LogP contribution is 2.15. The Hall–Kier alpha value is -2.14. The van der Waals surface area contributed by atoms with Crippen molar-refractivity contribution >= 4 is 27.5 Å². The van der Waals surface area contributed by atoms with Gasteiger partial charge in [0.05, 0.1) is 11.3 Å². The van der Waals surface area contributed by atoms with Gasteiger partial charge in [-0.25, -0.2) is 5.43 Å². The van der Waals surface area contributed by atoms with E-state index in [0.29, 0.717) is 15.7 Å². The Kier molecular flexibility index (Phi) is 4.53. The highest BCUT2D eigenvalue weighted by atomic mass is 79.9. The van der Waals surface area contributed by atoms with Crippen LogP contribution in [0.1, 0.15) is 22.8 Å². The molecule has 2 N–H and O–H groups in total. The van der Waals surface area contributed by atoms with E-state index < -0.39 is 0 Å². The van der Waals surface area contributed by atoms with E-state index in [9.17, 15) is 9.90 Å². The van der Waals surface area contributed by atoms with Gasteiger partial charge in [-0.15, -0.1) is 0 Å². The van der Waals surface area contributed by atoms with Gasteiger partial charge in [0, 0.05) is 10.0 Å². The summed E-state index contributed by atoms with van der Waals surface area (Å²) in [5.74, 6) is -0.133. The second kappa shape index (κ2) is 6.34. The molecule has 0 spiro atoms. The quantitative estimate of drug-likeness (QED) is 0.669. The van der Waals surface area contributed by atoms with Crippen molar-refractivity contribution < 1.29 is 9.90 Å². The first-order valence-corrected chi connectivity index (χ1v) is 6.76. The summed E-state index contributed by atoms with van der Waals surface area (Å²) in [5, 5.41) is 13.4. The van der Waals surface area contributed by atoms with Crippen molar-refractivity contribution in [3.63, 3.8) is 0 Å². The van der Waals surface area contributed by atoms with Gasteiger partial charge in [-0.3, -0.25) is 4.79 Å². The van der Waals surface area contributed by atoms with E-state index in [1.807, 2.05) is 12.1 Å². The molecular formula is C15H13BrN2O2. The van der Waals surface area contributed by atoms with Crippen LogP contribution in [-0.4, -0.2) is 16.7 Å². The van der Waals surface area contributed by atoms with Crippen LogP contribution in [0.5, 0.6) is 5.75 Å². The molecule has 0 atom stereocenters. The maximum Gasteiger partial charge on any atom is 0.272 e. The fraction of sp³-hybridized carbons (Fsp3) is 0.0667. The van der Waals surface area contributed by atoms with Crippen LogP contribution in [0.15, 0.2) is 58.1 Å². The lowest BCUT2D eigenvalue weighted by Crippen LogP contribution is -2.19. The van der Waals surface area contributed by atoms with Crippen LogP contribution >= 0.6 is 15.9 Å². The molecule has 2 aromatic rings. The number of nitrogens with zero attached hydrogens (tertiary/aromatic N) is 1. The Morgan fingerprint density at radius 2 is 1.95 bits per heavy atom. The zero-order valence-corrected chi connectivity index (χ0v) is 12.4. The first-order valence-electron chi connectivity index (χ1n) is 5.96. The Morgan fingerprint density at radius 3 is 2.65 bits per heavy atom. The second-order valence-corrected chi connectivity index (χ2v) is 5.02. The van der Waals surface area contributed by atoms with Gasteiger partial charge in [0.15, 0.2) is 0 Å². The summed E-state index contributed by atoms with van der Waals surface area (Å²) < 4.78 is 0.711. The minimum Gasteiger partial charge on any atom is -0.508 e. The first-order chi connectivity index (χ1) is 9.58. The molecule has 0 aliphatic carbocycles. The lowest BCUT2D eigenvalue weighted by molar-refractivity contribution is 0.0954. The van der Waals surface area contributed by atoms with Gasteiger partial charge in [0.25, 0.3) is 5.91 Å². The van der Waals surface area contributed by atoms with E-state index in [0.717, 1.165) is 5.56 Å². The standard InChI is InChI=1S/C15H13BrN2O2/c1-10(11-5-4-6-12(19)9-11)17-18-15(20)13-7-2-3-8-14(13)16/h2-9,19H,1H3,(H,18,20). The molecule has 20 heavy (non-hydrogen) atoms. The van der Waals surface area contributed by atoms with E-state index in [-0.39, 0.29) is 11.7 Å². The number of benzene rings is 2. The van der Waals surface area contributed by atoms with Crippen molar-refractivity contribution in [1.29, 1.82) is 0 Å². The smallest absolute Gasteiger partial charge is 0.272 e. The van der Waals surface area contributed by atoms with Gasteiger partial charge >= 0.3 is 0 Å². The van der Waals surface area contributed by atoms with Crippen LogP contribution in [0.3, 0.4) is 0 Å². The summed E-state index contributed by atoms with van der Waals surface area (Å²) in [6.45, 7) is 1.76. The molecule has 0 saturated carbocycles. The highest BCUT2D eigenvalue weighted by molar-refractivity contribution is 9.10. The van der Waals surface area contributed by atoms with Crippen LogP contribution in [0.2, 0.25) is 0 Å². The molecule has 0 unspecified atom stereocenters. The first kappa shape index (κ1) is 14.3.